The zero-order chi connectivity index (χ0) is 44.6. The molecular formula is C56H55GeIrN5S-2. The van der Waals surface area contributed by atoms with Gasteiger partial charge in [0.1, 0.15) is 4.83 Å². The normalized spacial score (nSPS) is 11.6. The van der Waals surface area contributed by atoms with Crippen LogP contribution < -0.4 is 4.40 Å². The van der Waals surface area contributed by atoms with Gasteiger partial charge < -0.3 is 4.57 Å². The quantitative estimate of drug-likeness (QED) is 0.107. The van der Waals surface area contributed by atoms with Gasteiger partial charge in [0.05, 0.1) is 16.9 Å². The fourth-order valence-corrected chi connectivity index (χ4v) is 13.0. The van der Waals surface area contributed by atoms with E-state index in [-0.39, 0.29) is 20.1 Å². The molecule has 9 aromatic rings. The zero-order valence-electron chi connectivity index (χ0n) is 38.5. The number of nitriles is 1. The van der Waals surface area contributed by atoms with E-state index in [1.165, 1.54) is 53.4 Å². The largest absolute Gasteiger partial charge is 0.333 e. The molecule has 5 aromatic carbocycles. The van der Waals surface area contributed by atoms with Gasteiger partial charge in [-0.15, -0.1) is 18.2 Å². The van der Waals surface area contributed by atoms with E-state index in [1.54, 1.807) is 17.4 Å². The topological polar surface area (TPSA) is 67.4 Å². The van der Waals surface area contributed by atoms with E-state index >= 15 is 0 Å². The third kappa shape index (κ3) is 9.58. The van der Waals surface area contributed by atoms with Crippen LogP contribution in [0.3, 0.4) is 0 Å². The summed E-state index contributed by atoms with van der Waals surface area (Å²) in [6, 6.07) is 49.1. The van der Waals surface area contributed by atoms with E-state index in [1.807, 2.05) is 18.2 Å². The number of benzene rings is 5. The van der Waals surface area contributed by atoms with Gasteiger partial charge in [0.2, 0.25) is 0 Å². The minimum atomic E-state index is -1.92. The van der Waals surface area contributed by atoms with Gasteiger partial charge in [0.25, 0.3) is 0 Å². The number of rotatable bonds is 9. The Labute approximate surface area is 399 Å². The third-order valence-corrected chi connectivity index (χ3v) is 17.1. The van der Waals surface area contributed by atoms with Gasteiger partial charge in [-0.05, 0) is 81.4 Å². The SMILES string of the molecule is CC(C)Cc1cc(-c2[c-]cc(C#N)cc2)nc[c]1[Ge]([CH3])([CH3])[CH3].Cc1ccc2c(n1)sc1c(-c3nc4ccccc4n3-c3c(C(C)C)cc(-c4ccccc4)cc3C(C)C)[c-]ccc12.[Ir]. The van der Waals surface area contributed by atoms with Crippen molar-refractivity contribution in [2.24, 2.45) is 5.92 Å². The molecule has 0 saturated carbocycles. The number of imidazole rings is 1. The Morgan fingerprint density at radius 2 is 1.47 bits per heavy atom. The molecule has 0 aliphatic rings. The van der Waals surface area contributed by atoms with Crippen molar-refractivity contribution >= 4 is 60.3 Å². The van der Waals surface area contributed by atoms with Crippen LogP contribution >= 0.6 is 11.3 Å². The predicted octanol–water partition coefficient (Wildman–Crippen LogP) is 14.6. The molecule has 325 valence electrons. The van der Waals surface area contributed by atoms with Crippen molar-refractivity contribution in [1.82, 2.24) is 19.5 Å². The van der Waals surface area contributed by atoms with Crippen molar-refractivity contribution in [3.63, 3.8) is 0 Å². The maximum atomic E-state index is 8.89. The summed E-state index contributed by atoms with van der Waals surface area (Å²) in [5.41, 5.74) is 14.5. The van der Waals surface area contributed by atoms with Crippen molar-refractivity contribution in [3.05, 3.63) is 162 Å². The van der Waals surface area contributed by atoms with Crippen molar-refractivity contribution in [2.75, 3.05) is 0 Å². The molecule has 0 bridgehead atoms. The average molecular weight is 1090 g/mol. The summed E-state index contributed by atoms with van der Waals surface area (Å²) in [4.78, 5) is 15.9. The molecule has 0 N–H and O–H groups in total. The number of aromatic nitrogens is 4. The van der Waals surface area contributed by atoms with E-state index in [9.17, 15) is 0 Å². The summed E-state index contributed by atoms with van der Waals surface area (Å²) in [7, 11) is 0. The number of thiophene rings is 1. The average Bonchev–Trinajstić information content (AvgIpc) is 3.84. The number of pyridine rings is 2. The molecule has 64 heavy (non-hydrogen) atoms. The van der Waals surface area contributed by atoms with Crippen LogP contribution in [0.15, 0.2) is 121 Å². The second-order valence-electron chi connectivity index (χ2n) is 18.6. The van der Waals surface area contributed by atoms with E-state index in [0.29, 0.717) is 23.3 Å². The molecule has 0 aliphatic carbocycles. The molecule has 1 radical (unpaired) electrons. The third-order valence-electron chi connectivity index (χ3n) is 11.6. The van der Waals surface area contributed by atoms with Crippen molar-refractivity contribution in [1.29, 1.82) is 5.26 Å². The first kappa shape index (κ1) is 46.8. The molecule has 0 saturated heterocycles. The number of fused-ring (bicyclic) bond motifs is 4. The fraction of sp³-hybridized carbons (Fsp3) is 0.250. The number of nitrogens with zero attached hydrogens (tertiary/aromatic N) is 5. The van der Waals surface area contributed by atoms with Crippen LogP contribution in [-0.4, -0.2) is 32.8 Å². The first-order valence-electron chi connectivity index (χ1n) is 22.1. The minimum absolute atomic E-state index is 0. The molecule has 9 rings (SSSR count). The molecule has 8 heteroatoms. The van der Waals surface area contributed by atoms with Gasteiger partial charge in [-0.1, -0.05) is 87.2 Å². The van der Waals surface area contributed by atoms with Crippen LogP contribution in [0, 0.1) is 36.3 Å². The second-order valence-corrected chi connectivity index (χ2v) is 30.2. The summed E-state index contributed by atoms with van der Waals surface area (Å²) in [6.07, 6.45) is 3.17. The van der Waals surface area contributed by atoms with Gasteiger partial charge in [-0.2, -0.15) is 11.3 Å². The van der Waals surface area contributed by atoms with Crippen LogP contribution in [0.5, 0.6) is 0 Å². The maximum absolute atomic E-state index is 8.89. The van der Waals surface area contributed by atoms with Gasteiger partial charge in [0.15, 0.2) is 0 Å². The summed E-state index contributed by atoms with van der Waals surface area (Å²) in [6.45, 7) is 15.7. The molecule has 4 heterocycles. The summed E-state index contributed by atoms with van der Waals surface area (Å²) >= 11 is -0.183. The first-order chi connectivity index (χ1) is 30.2. The summed E-state index contributed by atoms with van der Waals surface area (Å²) in [5.74, 6) is 9.42. The number of hydrogen-bond acceptors (Lipinski definition) is 5. The van der Waals surface area contributed by atoms with Crippen molar-refractivity contribution in [2.45, 2.75) is 84.0 Å². The molecule has 0 spiro atoms. The Morgan fingerprint density at radius 3 is 2.11 bits per heavy atom. The zero-order valence-corrected chi connectivity index (χ0v) is 43.8. The van der Waals surface area contributed by atoms with E-state index in [2.05, 4.69) is 191 Å². The fourth-order valence-electron chi connectivity index (χ4n) is 8.50. The molecule has 5 nitrogen and oxygen atoms in total. The van der Waals surface area contributed by atoms with Gasteiger partial charge in [0, 0.05) is 31.5 Å². The Bertz CT molecular complexity index is 3100. The number of aryl methyl sites for hydroxylation is 1. The first-order valence-corrected chi connectivity index (χ1v) is 30.2. The van der Waals surface area contributed by atoms with Crippen LogP contribution in [-0.2, 0) is 26.5 Å². The Morgan fingerprint density at radius 1 is 0.766 bits per heavy atom. The van der Waals surface area contributed by atoms with Crippen LogP contribution in [0.4, 0.5) is 0 Å². The molecule has 0 aliphatic heterocycles. The van der Waals surface area contributed by atoms with Gasteiger partial charge in [-0.25, -0.2) is 4.98 Å². The van der Waals surface area contributed by atoms with E-state index in [4.69, 9.17) is 15.2 Å². The Kier molecular flexibility index (Phi) is 14.2. The van der Waals surface area contributed by atoms with Crippen LogP contribution in [0.1, 0.15) is 81.3 Å². The molecule has 0 atom stereocenters. The molecular weight excluding hydrogens is 1040 g/mol. The molecule has 0 fully saturated rings. The second kappa shape index (κ2) is 19.5. The van der Waals surface area contributed by atoms with Crippen LogP contribution in [0.25, 0.3) is 70.8 Å². The number of para-hydroxylation sites is 2. The Balaban J connectivity index is 0.000000227. The van der Waals surface area contributed by atoms with E-state index < -0.39 is 13.3 Å². The Hall–Kier alpha value is -5.23. The summed E-state index contributed by atoms with van der Waals surface area (Å²) < 4.78 is 5.07. The van der Waals surface area contributed by atoms with Crippen molar-refractivity contribution in [3.8, 4) is 45.5 Å². The maximum Gasteiger partial charge on any atom is 0.113 e. The molecule has 4 aromatic heterocycles. The molecule has 0 unspecified atom stereocenters. The minimum Gasteiger partial charge on any atom is -0.333 e. The van der Waals surface area contributed by atoms with Crippen LogP contribution in [0.2, 0.25) is 17.3 Å². The van der Waals surface area contributed by atoms with E-state index in [0.717, 1.165) is 50.6 Å². The van der Waals surface area contributed by atoms with Gasteiger partial charge in [-0.3, -0.25) is 4.98 Å². The number of hydrogen-bond donors (Lipinski definition) is 0. The monoisotopic (exact) mass is 1100 g/mol. The summed E-state index contributed by atoms with van der Waals surface area (Å²) in [5, 5.41) is 11.3. The molecule has 0 amide bonds. The van der Waals surface area contributed by atoms with Crippen molar-refractivity contribution < 1.29 is 20.1 Å². The predicted molar refractivity (Wildman–Crippen MR) is 269 cm³/mol. The smallest absolute Gasteiger partial charge is 0.113 e. The van der Waals surface area contributed by atoms with Gasteiger partial charge >= 0.3 is 136 Å². The standard InChI is InChI=1S/C37H32N3S.C19H23GeN2.Ir/c1-22(2)30-20-26(25-12-7-6-8-13-25)21-31(23(3)4)34(30)40-33-17-10-9-16-32(33)39-36(40)29-15-11-14-27-28-19-18-24(5)38-37(28)41-35(27)29;1-14(2)10-17-11-19(22-13-18(17)20(3,4)5)16-8-6-15(12-21)7-9-16;/h6-14,16-23H,1-5H3;6-8,11,13-14H,10H2,1-5H3;/q2*-1;.